The zero-order chi connectivity index (χ0) is 15.9. The first-order chi connectivity index (χ1) is 10.6. The van der Waals surface area contributed by atoms with E-state index < -0.39 is 0 Å². The summed E-state index contributed by atoms with van der Waals surface area (Å²) in [5.41, 5.74) is 0.700. The molecule has 0 bridgehead atoms. The van der Waals surface area contributed by atoms with Crippen LogP contribution in [-0.4, -0.2) is 50.1 Å². The van der Waals surface area contributed by atoms with Crippen molar-refractivity contribution in [3.8, 4) is 0 Å². The Hall–Kier alpha value is -1.78. The predicted molar refractivity (Wildman–Crippen MR) is 91.0 cm³/mol. The third kappa shape index (κ3) is 4.36. The third-order valence-corrected chi connectivity index (χ3v) is 3.71. The molecule has 0 aromatic heterocycles. The van der Waals surface area contributed by atoms with Crippen LogP contribution in [-0.2, 0) is 0 Å². The fraction of sp³-hybridized carbons (Fsp3) is 0.588. The maximum atomic E-state index is 13.9. The average Bonchev–Trinajstić information content (AvgIpc) is 2.52. The van der Waals surface area contributed by atoms with E-state index >= 15 is 0 Å². The Bertz CT molecular complexity index is 493. The molecule has 1 fully saturated rings. The molecular weight excluding hydrogens is 279 g/mol. The first kappa shape index (κ1) is 16.6. The Morgan fingerprint density at radius 2 is 1.91 bits per heavy atom. The van der Waals surface area contributed by atoms with Crippen molar-refractivity contribution in [3.05, 3.63) is 30.1 Å². The van der Waals surface area contributed by atoms with Gasteiger partial charge in [-0.2, -0.15) is 0 Å². The van der Waals surface area contributed by atoms with E-state index in [0.717, 1.165) is 45.2 Å². The first-order valence-corrected chi connectivity index (χ1v) is 8.14. The lowest BCUT2D eigenvalue weighted by Gasteiger charge is -2.37. The van der Waals surface area contributed by atoms with Gasteiger partial charge in [0.05, 0.1) is 5.69 Å². The molecule has 0 amide bonds. The van der Waals surface area contributed by atoms with Crippen molar-refractivity contribution in [1.29, 1.82) is 0 Å². The molecule has 1 aliphatic heterocycles. The van der Waals surface area contributed by atoms with Gasteiger partial charge in [-0.25, -0.2) is 4.39 Å². The van der Waals surface area contributed by atoms with E-state index in [-0.39, 0.29) is 5.82 Å². The average molecular weight is 306 g/mol. The normalized spacial score (nSPS) is 16.3. The van der Waals surface area contributed by atoms with Gasteiger partial charge in [0.25, 0.3) is 0 Å². The Morgan fingerprint density at radius 1 is 1.23 bits per heavy atom. The molecule has 2 rings (SSSR count). The van der Waals surface area contributed by atoms with E-state index in [1.54, 1.807) is 6.07 Å². The molecule has 0 spiro atoms. The van der Waals surface area contributed by atoms with E-state index in [4.69, 9.17) is 4.99 Å². The van der Waals surface area contributed by atoms with Crippen molar-refractivity contribution in [2.24, 2.45) is 10.9 Å². The summed E-state index contributed by atoms with van der Waals surface area (Å²) in [7, 11) is 0. The second-order valence-corrected chi connectivity index (χ2v) is 6.01. The number of aliphatic imine (C=N–C) groups is 1. The van der Waals surface area contributed by atoms with Gasteiger partial charge in [0.15, 0.2) is 5.96 Å². The van der Waals surface area contributed by atoms with Gasteiger partial charge in [-0.15, -0.1) is 0 Å². The van der Waals surface area contributed by atoms with Crippen LogP contribution in [0, 0.1) is 11.7 Å². The molecule has 1 heterocycles. The second kappa shape index (κ2) is 8.01. The van der Waals surface area contributed by atoms with Gasteiger partial charge in [-0.1, -0.05) is 26.0 Å². The Labute approximate surface area is 133 Å². The fourth-order valence-corrected chi connectivity index (χ4v) is 2.56. The molecule has 5 heteroatoms. The molecule has 0 unspecified atom stereocenters. The quantitative estimate of drug-likeness (QED) is 0.685. The molecule has 1 aromatic carbocycles. The molecule has 0 radical (unpaired) electrons. The van der Waals surface area contributed by atoms with Crippen molar-refractivity contribution >= 4 is 11.6 Å². The van der Waals surface area contributed by atoms with Gasteiger partial charge in [0, 0.05) is 39.3 Å². The van der Waals surface area contributed by atoms with Crippen LogP contribution in [0.5, 0.6) is 0 Å². The minimum absolute atomic E-state index is 0.142. The zero-order valence-electron chi connectivity index (χ0n) is 13.8. The van der Waals surface area contributed by atoms with Crippen LogP contribution in [0.3, 0.4) is 0 Å². The maximum absolute atomic E-state index is 13.9. The summed E-state index contributed by atoms with van der Waals surface area (Å²) >= 11 is 0. The minimum Gasteiger partial charge on any atom is -0.366 e. The summed E-state index contributed by atoms with van der Waals surface area (Å²) in [5, 5.41) is 3.36. The minimum atomic E-state index is -0.142. The number of anilines is 1. The van der Waals surface area contributed by atoms with Crippen LogP contribution in [0.25, 0.3) is 0 Å². The molecule has 0 atom stereocenters. The lowest BCUT2D eigenvalue weighted by molar-refractivity contribution is 0.370. The van der Waals surface area contributed by atoms with Crippen LogP contribution >= 0.6 is 0 Å². The van der Waals surface area contributed by atoms with Crippen molar-refractivity contribution in [2.75, 3.05) is 44.2 Å². The van der Waals surface area contributed by atoms with Crippen molar-refractivity contribution in [1.82, 2.24) is 10.2 Å². The van der Waals surface area contributed by atoms with Crippen LogP contribution in [0.15, 0.2) is 29.3 Å². The second-order valence-electron chi connectivity index (χ2n) is 6.01. The van der Waals surface area contributed by atoms with E-state index in [1.165, 1.54) is 6.07 Å². The van der Waals surface area contributed by atoms with E-state index in [0.29, 0.717) is 11.6 Å². The number of guanidine groups is 1. The van der Waals surface area contributed by atoms with Crippen LogP contribution < -0.4 is 10.2 Å². The molecule has 1 N–H and O–H groups in total. The monoisotopic (exact) mass is 306 g/mol. The highest BCUT2D eigenvalue weighted by Crippen LogP contribution is 2.20. The number of nitrogens with zero attached hydrogens (tertiary/aromatic N) is 3. The number of nitrogens with one attached hydrogen (secondary N) is 1. The summed E-state index contributed by atoms with van der Waals surface area (Å²) in [6, 6.07) is 6.99. The van der Waals surface area contributed by atoms with Crippen LogP contribution in [0.2, 0.25) is 0 Å². The van der Waals surface area contributed by atoms with Crippen LogP contribution in [0.4, 0.5) is 10.1 Å². The number of rotatable bonds is 4. The highest BCUT2D eigenvalue weighted by Gasteiger charge is 2.21. The molecule has 0 saturated carbocycles. The standard InChI is InChI=1S/C17H27FN4/c1-4-19-17(20-13-14(2)3)22-11-9-21(10-12-22)16-8-6-5-7-15(16)18/h5-8,14H,4,9-13H2,1-3H3,(H,19,20). The fourth-order valence-electron chi connectivity index (χ4n) is 2.56. The molecule has 1 saturated heterocycles. The van der Waals surface area contributed by atoms with Gasteiger partial charge >= 0.3 is 0 Å². The number of para-hydroxylation sites is 1. The summed E-state index contributed by atoms with van der Waals surface area (Å²) in [4.78, 5) is 9.07. The van der Waals surface area contributed by atoms with E-state index in [1.807, 2.05) is 12.1 Å². The molecule has 0 aliphatic carbocycles. The molecule has 4 nitrogen and oxygen atoms in total. The highest BCUT2D eigenvalue weighted by atomic mass is 19.1. The largest absolute Gasteiger partial charge is 0.366 e. The number of piperazine rings is 1. The lowest BCUT2D eigenvalue weighted by atomic mass is 10.2. The van der Waals surface area contributed by atoms with Crippen molar-refractivity contribution < 1.29 is 4.39 Å². The van der Waals surface area contributed by atoms with E-state index in [9.17, 15) is 4.39 Å². The van der Waals surface area contributed by atoms with Crippen molar-refractivity contribution in [2.45, 2.75) is 20.8 Å². The van der Waals surface area contributed by atoms with Crippen molar-refractivity contribution in [3.63, 3.8) is 0 Å². The molecular formula is C17H27FN4. The highest BCUT2D eigenvalue weighted by molar-refractivity contribution is 5.80. The molecule has 1 aromatic rings. The zero-order valence-corrected chi connectivity index (χ0v) is 13.8. The van der Waals surface area contributed by atoms with E-state index in [2.05, 4.69) is 35.9 Å². The Morgan fingerprint density at radius 3 is 2.50 bits per heavy atom. The summed E-state index contributed by atoms with van der Waals surface area (Å²) in [5.74, 6) is 1.38. The Kier molecular flexibility index (Phi) is 6.04. The SMILES string of the molecule is CCNC(=NCC(C)C)N1CCN(c2ccccc2F)CC1. The number of hydrogen-bond acceptors (Lipinski definition) is 2. The summed E-state index contributed by atoms with van der Waals surface area (Å²) in [6.45, 7) is 11.5. The van der Waals surface area contributed by atoms with Crippen LogP contribution in [0.1, 0.15) is 20.8 Å². The lowest BCUT2D eigenvalue weighted by Crippen LogP contribution is -2.52. The van der Waals surface area contributed by atoms with Gasteiger partial charge in [0.2, 0.25) is 0 Å². The molecule has 22 heavy (non-hydrogen) atoms. The summed E-state index contributed by atoms with van der Waals surface area (Å²) in [6.07, 6.45) is 0. The maximum Gasteiger partial charge on any atom is 0.194 e. The Balaban J connectivity index is 1.98. The number of benzene rings is 1. The smallest absolute Gasteiger partial charge is 0.194 e. The molecule has 1 aliphatic rings. The first-order valence-electron chi connectivity index (χ1n) is 8.14. The third-order valence-electron chi connectivity index (χ3n) is 3.71. The number of halogens is 1. The van der Waals surface area contributed by atoms with Gasteiger partial charge in [-0.3, -0.25) is 4.99 Å². The van der Waals surface area contributed by atoms with Gasteiger partial charge < -0.3 is 15.1 Å². The number of hydrogen-bond donors (Lipinski definition) is 1. The van der Waals surface area contributed by atoms with Gasteiger partial charge in [-0.05, 0) is 25.0 Å². The summed E-state index contributed by atoms with van der Waals surface area (Å²) < 4.78 is 13.9. The predicted octanol–water partition coefficient (Wildman–Crippen LogP) is 2.57. The van der Waals surface area contributed by atoms with Gasteiger partial charge in [0.1, 0.15) is 5.82 Å². The molecule has 122 valence electrons. The topological polar surface area (TPSA) is 30.9 Å².